The van der Waals surface area contributed by atoms with Gasteiger partial charge in [0.2, 0.25) is 5.76 Å². The third kappa shape index (κ3) is 3.13. The number of nitrogens with zero attached hydrogens (tertiary/aromatic N) is 1. The van der Waals surface area contributed by atoms with E-state index in [2.05, 4.69) is 15.0 Å². The van der Waals surface area contributed by atoms with E-state index in [9.17, 15) is 9.59 Å². The highest BCUT2D eigenvalue weighted by Gasteiger charge is 2.18. The number of methoxy groups -OCH3 is 1. The molecule has 0 spiro atoms. The highest BCUT2D eigenvalue weighted by Crippen LogP contribution is 2.16. The fourth-order valence-corrected chi connectivity index (χ4v) is 1.93. The lowest BCUT2D eigenvalue weighted by atomic mass is 10.2. The molecule has 112 valence electrons. The molecule has 0 aliphatic rings. The van der Waals surface area contributed by atoms with Crippen LogP contribution in [0.2, 0.25) is 0 Å². The number of furan rings is 1. The van der Waals surface area contributed by atoms with E-state index in [0.29, 0.717) is 28.7 Å². The van der Waals surface area contributed by atoms with Gasteiger partial charge in [0, 0.05) is 6.92 Å². The molecule has 0 atom stereocenters. The molecule has 0 saturated carbocycles. The standard InChI is InChI=1S/C14H16N2O5/c1-7-12(21-9(3)16-7)13(17)15-6-10-5-11(8(2)20-10)14(18)19-4/h5H,6H2,1-4H3,(H,15,17). The molecule has 0 fully saturated rings. The van der Waals surface area contributed by atoms with Crippen molar-refractivity contribution in [2.24, 2.45) is 0 Å². The quantitative estimate of drug-likeness (QED) is 0.865. The smallest absolute Gasteiger partial charge is 0.341 e. The van der Waals surface area contributed by atoms with Gasteiger partial charge in [0.1, 0.15) is 17.1 Å². The number of aromatic nitrogens is 1. The zero-order valence-corrected chi connectivity index (χ0v) is 12.3. The summed E-state index contributed by atoms with van der Waals surface area (Å²) in [5, 5.41) is 2.65. The summed E-state index contributed by atoms with van der Waals surface area (Å²) in [6.07, 6.45) is 0. The predicted molar refractivity (Wildman–Crippen MR) is 71.9 cm³/mol. The van der Waals surface area contributed by atoms with Gasteiger partial charge in [0.15, 0.2) is 5.89 Å². The summed E-state index contributed by atoms with van der Waals surface area (Å²) in [7, 11) is 1.30. The zero-order chi connectivity index (χ0) is 15.6. The van der Waals surface area contributed by atoms with Crippen molar-refractivity contribution in [1.29, 1.82) is 0 Å². The van der Waals surface area contributed by atoms with Crippen molar-refractivity contribution in [3.8, 4) is 0 Å². The third-order valence-corrected chi connectivity index (χ3v) is 2.91. The fraction of sp³-hybridized carbons (Fsp3) is 0.357. The van der Waals surface area contributed by atoms with Crippen molar-refractivity contribution in [1.82, 2.24) is 10.3 Å². The van der Waals surface area contributed by atoms with E-state index in [4.69, 9.17) is 8.83 Å². The maximum absolute atomic E-state index is 12.0. The number of rotatable bonds is 4. The monoisotopic (exact) mass is 292 g/mol. The van der Waals surface area contributed by atoms with Gasteiger partial charge in [-0.1, -0.05) is 0 Å². The number of carbonyl (C=O) groups excluding carboxylic acids is 2. The molecule has 0 radical (unpaired) electrons. The molecular formula is C14H16N2O5. The molecule has 0 bridgehead atoms. The largest absolute Gasteiger partial charge is 0.465 e. The van der Waals surface area contributed by atoms with Crippen molar-refractivity contribution >= 4 is 11.9 Å². The molecule has 0 saturated heterocycles. The lowest BCUT2D eigenvalue weighted by Crippen LogP contribution is -2.22. The number of aryl methyl sites for hydroxylation is 3. The van der Waals surface area contributed by atoms with Gasteiger partial charge in [-0.3, -0.25) is 4.79 Å². The van der Waals surface area contributed by atoms with Crippen LogP contribution in [0, 0.1) is 20.8 Å². The molecule has 7 nitrogen and oxygen atoms in total. The highest BCUT2D eigenvalue weighted by atomic mass is 16.5. The van der Waals surface area contributed by atoms with E-state index in [1.165, 1.54) is 7.11 Å². The van der Waals surface area contributed by atoms with Gasteiger partial charge >= 0.3 is 5.97 Å². The summed E-state index contributed by atoms with van der Waals surface area (Å²) in [6.45, 7) is 5.15. The summed E-state index contributed by atoms with van der Waals surface area (Å²) in [5.74, 6) is 0.633. The minimum Gasteiger partial charge on any atom is -0.465 e. The average Bonchev–Trinajstić information content (AvgIpc) is 2.97. The number of nitrogens with one attached hydrogen (secondary N) is 1. The second kappa shape index (κ2) is 5.82. The minimum absolute atomic E-state index is 0.135. The van der Waals surface area contributed by atoms with Crippen LogP contribution in [-0.4, -0.2) is 24.0 Å². The first-order valence-corrected chi connectivity index (χ1v) is 6.32. The molecule has 0 aliphatic heterocycles. The van der Waals surface area contributed by atoms with Crippen LogP contribution in [0.5, 0.6) is 0 Å². The topological polar surface area (TPSA) is 94.6 Å². The van der Waals surface area contributed by atoms with Crippen LogP contribution in [-0.2, 0) is 11.3 Å². The van der Waals surface area contributed by atoms with E-state index in [1.807, 2.05) is 0 Å². The third-order valence-electron chi connectivity index (χ3n) is 2.91. The molecule has 2 heterocycles. The molecule has 0 aliphatic carbocycles. The van der Waals surface area contributed by atoms with Crippen molar-refractivity contribution in [2.75, 3.05) is 7.11 Å². The van der Waals surface area contributed by atoms with Crippen LogP contribution in [0.15, 0.2) is 14.9 Å². The van der Waals surface area contributed by atoms with Crippen LogP contribution in [0.1, 0.15) is 44.0 Å². The Balaban J connectivity index is 2.05. The Hall–Kier alpha value is -2.57. The Morgan fingerprint density at radius 2 is 2.00 bits per heavy atom. The van der Waals surface area contributed by atoms with Crippen molar-refractivity contribution in [3.05, 3.63) is 40.5 Å². The van der Waals surface area contributed by atoms with Gasteiger partial charge in [0.05, 0.1) is 19.3 Å². The van der Waals surface area contributed by atoms with E-state index in [-0.39, 0.29) is 18.2 Å². The summed E-state index contributed by atoms with van der Waals surface area (Å²) in [5.41, 5.74) is 0.865. The van der Waals surface area contributed by atoms with Gasteiger partial charge in [-0.2, -0.15) is 0 Å². The molecule has 2 rings (SSSR count). The number of hydrogen-bond donors (Lipinski definition) is 1. The molecule has 0 aromatic carbocycles. The van der Waals surface area contributed by atoms with Gasteiger partial charge in [0.25, 0.3) is 5.91 Å². The second-order valence-corrected chi connectivity index (χ2v) is 4.50. The van der Waals surface area contributed by atoms with E-state index < -0.39 is 5.97 Å². The summed E-state index contributed by atoms with van der Waals surface area (Å²) in [6, 6.07) is 1.54. The molecular weight excluding hydrogens is 276 g/mol. The normalized spacial score (nSPS) is 10.5. The van der Waals surface area contributed by atoms with Crippen molar-refractivity contribution in [2.45, 2.75) is 27.3 Å². The van der Waals surface area contributed by atoms with E-state index >= 15 is 0 Å². The number of hydrogen-bond acceptors (Lipinski definition) is 6. The van der Waals surface area contributed by atoms with Crippen LogP contribution in [0.4, 0.5) is 0 Å². The Morgan fingerprint density at radius 1 is 1.29 bits per heavy atom. The SMILES string of the molecule is COC(=O)c1cc(CNC(=O)c2oc(C)nc2C)oc1C. The van der Waals surface area contributed by atoms with Gasteiger partial charge in [-0.15, -0.1) is 0 Å². The first-order chi connectivity index (χ1) is 9.92. The van der Waals surface area contributed by atoms with Crippen molar-refractivity contribution < 1.29 is 23.2 Å². The molecule has 21 heavy (non-hydrogen) atoms. The number of carbonyl (C=O) groups is 2. The summed E-state index contributed by atoms with van der Waals surface area (Å²) < 4.78 is 15.3. The van der Waals surface area contributed by atoms with Crippen LogP contribution in [0.3, 0.4) is 0 Å². The first kappa shape index (κ1) is 14.8. The summed E-state index contributed by atoms with van der Waals surface area (Å²) in [4.78, 5) is 27.4. The average molecular weight is 292 g/mol. The fourth-order valence-electron chi connectivity index (χ4n) is 1.93. The second-order valence-electron chi connectivity index (χ2n) is 4.50. The molecule has 0 unspecified atom stereocenters. The predicted octanol–water partition coefficient (Wildman–Crippen LogP) is 1.91. The maximum atomic E-state index is 12.0. The number of ether oxygens (including phenoxy) is 1. The Kier molecular flexibility index (Phi) is 4.11. The first-order valence-electron chi connectivity index (χ1n) is 6.32. The van der Waals surface area contributed by atoms with E-state index in [1.54, 1.807) is 26.8 Å². The zero-order valence-electron chi connectivity index (χ0n) is 12.3. The molecule has 7 heteroatoms. The lowest BCUT2D eigenvalue weighted by molar-refractivity contribution is 0.0598. The number of amides is 1. The van der Waals surface area contributed by atoms with Gasteiger partial charge < -0.3 is 18.9 Å². The molecule has 2 aromatic rings. The minimum atomic E-state index is -0.476. The van der Waals surface area contributed by atoms with Crippen LogP contribution in [0.25, 0.3) is 0 Å². The van der Waals surface area contributed by atoms with Gasteiger partial charge in [-0.05, 0) is 19.9 Å². The van der Waals surface area contributed by atoms with Crippen LogP contribution < -0.4 is 5.32 Å². The highest BCUT2D eigenvalue weighted by molar-refractivity contribution is 5.92. The maximum Gasteiger partial charge on any atom is 0.341 e. The molecule has 2 aromatic heterocycles. The Bertz CT molecular complexity index is 684. The Labute approximate surface area is 121 Å². The number of esters is 1. The van der Waals surface area contributed by atoms with E-state index in [0.717, 1.165) is 0 Å². The molecule has 1 N–H and O–H groups in total. The number of oxazole rings is 1. The summed E-state index contributed by atoms with van der Waals surface area (Å²) >= 11 is 0. The Morgan fingerprint density at radius 3 is 2.57 bits per heavy atom. The molecule has 1 amide bonds. The van der Waals surface area contributed by atoms with Crippen molar-refractivity contribution in [3.63, 3.8) is 0 Å². The lowest BCUT2D eigenvalue weighted by Gasteiger charge is -2.00. The van der Waals surface area contributed by atoms with Gasteiger partial charge in [-0.25, -0.2) is 9.78 Å². The van der Waals surface area contributed by atoms with Crippen LogP contribution >= 0.6 is 0 Å².